The molecule has 0 bridgehead atoms. The molecular weight excluding hydrogens is 568 g/mol. The van der Waals surface area contributed by atoms with Crippen LogP contribution in [0.1, 0.15) is 112 Å². The fraction of sp³-hybridized carbons (Fsp3) is 0.722. The van der Waals surface area contributed by atoms with Crippen LogP contribution in [0.5, 0.6) is 0 Å². The van der Waals surface area contributed by atoms with Crippen LogP contribution in [-0.2, 0) is 19.2 Å². The molecule has 9 heteroatoms. The average molecular weight is 629 g/mol. The third kappa shape index (κ3) is 11.4. The Morgan fingerprint density at radius 2 is 1.64 bits per heavy atom. The molecule has 1 fully saturated rings. The lowest BCUT2D eigenvalue weighted by Crippen LogP contribution is -2.54. The lowest BCUT2D eigenvalue weighted by molar-refractivity contribution is -0.140. The topological polar surface area (TPSA) is 119 Å². The monoisotopic (exact) mass is 628 g/mol. The normalized spacial score (nSPS) is 19.0. The van der Waals surface area contributed by atoms with Gasteiger partial charge in [0.2, 0.25) is 23.6 Å². The van der Waals surface area contributed by atoms with Gasteiger partial charge >= 0.3 is 0 Å². The summed E-state index contributed by atoms with van der Waals surface area (Å²) in [5.74, 6) is -0.319. The van der Waals surface area contributed by atoms with E-state index >= 15 is 0 Å². The molecule has 45 heavy (non-hydrogen) atoms. The first-order valence-corrected chi connectivity index (χ1v) is 17.1. The Morgan fingerprint density at radius 3 is 2.22 bits per heavy atom. The maximum absolute atomic E-state index is 13.7. The molecule has 1 aromatic rings. The number of aliphatic hydroxyl groups is 1. The molecule has 2 rings (SSSR count). The number of nitrogens with one attached hydrogen (secondary N) is 2. The predicted molar refractivity (Wildman–Crippen MR) is 179 cm³/mol. The number of hydrogen-bond acceptors (Lipinski definition) is 5. The predicted octanol–water partition coefficient (Wildman–Crippen LogP) is 5.08. The molecule has 4 amide bonds. The molecule has 0 aromatic heterocycles. The molecule has 0 aliphatic carbocycles. The van der Waals surface area contributed by atoms with Crippen molar-refractivity contribution >= 4 is 23.6 Å². The molecule has 1 saturated heterocycles. The van der Waals surface area contributed by atoms with Crippen LogP contribution < -0.4 is 10.6 Å². The van der Waals surface area contributed by atoms with Crippen LogP contribution in [0, 0.1) is 23.7 Å². The zero-order valence-corrected chi connectivity index (χ0v) is 29.2. The maximum atomic E-state index is 13.7. The van der Waals surface area contributed by atoms with Crippen molar-refractivity contribution in [3.63, 3.8) is 0 Å². The third-order valence-electron chi connectivity index (χ3n) is 9.40. The van der Waals surface area contributed by atoms with Gasteiger partial charge in [0, 0.05) is 44.4 Å². The quantitative estimate of drug-likeness (QED) is 0.222. The summed E-state index contributed by atoms with van der Waals surface area (Å²) < 4.78 is 0. The van der Waals surface area contributed by atoms with Crippen LogP contribution in [-0.4, -0.2) is 76.3 Å². The van der Waals surface area contributed by atoms with Gasteiger partial charge in [-0.25, -0.2) is 0 Å². The number of hydrogen-bond donors (Lipinski definition) is 3. The van der Waals surface area contributed by atoms with E-state index in [4.69, 9.17) is 0 Å². The molecule has 0 saturated carbocycles. The minimum absolute atomic E-state index is 0.0181. The number of aliphatic hydroxyl groups excluding tert-OH is 1. The first-order valence-electron chi connectivity index (χ1n) is 17.1. The van der Waals surface area contributed by atoms with Gasteiger partial charge in [-0.3, -0.25) is 19.2 Å². The summed E-state index contributed by atoms with van der Waals surface area (Å²) >= 11 is 0. The van der Waals surface area contributed by atoms with E-state index in [1.54, 1.807) is 18.9 Å². The summed E-state index contributed by atoms with van der Waals surface area (Å²) in [6, 6.07) is 8.07. The number of carbonyl (C=O) groups is 4. The molecular formula is C36H60N4O5. The van der Waals surface area contributed by atoms with Crippen LogP contribution >= 0.6 is 0 Å². The molecule has 9 nitrogen and oxygen atoms in total. The summed E-state index contributed by atoms with van der Waals surface area (Å²) in [4.78, 5) is 56.5. The van der Waals surface area contributed by atoms with Gasteiger partial charge in [-0.2, -0.15) is 0 Å². The molecule has 7 atom stereocenters. The van der Waals surface area contributed by atoms with E-state index in [0.29, 0.717) is 32.2 Å². The highest BCUT2D eigenvalue weighted by atomic mass is 16.3. The molecule has 1 aromatic carbocycles. The Kier molecular flexibility index (Phi) is 15.5. The number of benzene rings is 1. The van der Waals surface area contributed by atoms with Crippen LogP contribution in [0.2, 0.25) is 0 Å². The summed E-state index contributed by atoms with van der Waals surface area (Å²) in [7, 11) is 1.79. The zero-order chi connectivity index (χ0) is 33.8. The fourth-order valence-electron chi connectivity index (χ4n) is 6.36. The van der Waals surface area contributed by atoms with Gasteiger partial charge in [0.15, 0.2) is 0 Å². The van der Waals surface area contributed by atoms with Crippen molar-refractivity contribution in [1.82, 2.24) is 20.4 Å². The van der Waals surface area contributed by atoms with Crippen molar-refractivity contribution in [2.45, 2.75) is 131 Å². The number of likely N-dealkylation sites (tertiary alicyclic amines) is 1. The van der Waals surface area contributed by atoms with Gasteiger partial charge in [-0.1, -0.05) is 85.2 Å². The van der Waals surface area contributed by atoms with Crippen LogP contribution in [0.25, 0.3) is 0 Å². The summed E-state index contributed by atoms with van der Waals surface area (Å²) in [5, 5.41) is 16.6. The van der Waals surface area contributed by atoms with Crippen molar-refractivity contribution in [2.75, 3.05) is 13.6 Å². The molecule has 1 unspecified atom stereocenters. The van der Waals surface area contributed by atoms with Gasteiger partial charge in [0.25, 0.3) is 0 Å². The Morgan fingerprint density at radius 1 is 1.00 bits per heavy atom. The van der Waals surface area contributed by atoms with Gasteiger partial charge < -0.3 is 25.5 Å². The fourth-order valence-corrected chi connectivity index (χ4v) is 6.36. The Hall–Kier alpha value is -2.94. The minimum Gasteiger partial charge on any atom is -0.386 e. The molecule has 0 radical (unpaired) electrons. The van der Waals surface area contributed by atoms with E-state index in [9.17, 15) is 24.3 Å². The van der Waals surface area contributed by atoms with Gasteiger partial charge in [0.05, 0.1) is 12.1 Å². The minimum atomic E-state index is -0.803. The highest BCUT2D eigenvalue weighted by Crippen LogP contribution is 2.27. The standard InChI is InChI=1S/C36H60N4O5/c1-10-25(6)30(39(9)36(45)33(24(4)5)38-31(41)21-23(2)3)18-19-32(42)40-20-14-17-29(40)22-26(7)35(44)37-27(8)34(43)28-15-12-11-13-16-28/h11-13,15-16,23-27,29-30,33-34,43H,10,14,17-22H2,1-9H3,(H,37,44)(H,38,41)/t25-,26+,27+,29-,30?,33-,34+/m0/s1. The Labute approximate surface area is 271 Å². The lowest BCUT2D eigenvalue weighted by Gasteiger charge is -2.36. The van der Waals surface area contributed by atoms with E-state index < -0.39 is 18.2 Å². The van der Waals surface area contributed by atoms with Crippen molar-refractivity contribution in [1.29, 1.82) is 0 Å². The molecule has 3 N–H and O–H groups in total. The summed E-state index contributed by atoms with van der Waals surface area (Å²) in [6.07, 6.45) is 3.59. The van der Waals surface area contributed by atoms with Gasteiger partial charge in [-0.15, -0.1) is 0 Å². The molecule has 1 heterocycles. The first kappa shape index (κ1) is 38.2. The van der Waals surface area contributed by atoms with Crippen molar-refractivity contribution < 1.29 is 24.3 Å². The van der Waals surface area contributed by atoms with Crippen molar-refractivity contribution in [3.05, 3.63) is 35.9 Å². The summed E-state index contributed by atoms with van der Waals surface area (Å²) in [6.45, 7) is 16.4. The summed E-state index contributed by atoms with van der Waals surface area (Å²) in [5.41, 5.74) is 0.754. The van der Waals surface area contributed by atoms with E-state index in [-0.39, 0.29) is 59.4 Å². The van der Waals surface area contributed by atoms with Gasteiger partial charge in [-0.05, 0) is 55.9 Å². The number of nitrogens with zero attached hydrogens (tertiary/aromatic N) is 2. The van der Waals surface area contributed by atoms with E-state index in [0.717, 1.165) is 24.8 Å². The zero-order valence-electron chi connectivity index (χ0n) is 29.2. The number of carbonyl (C=O) groups excluding carboxylic acids is 4. The first-order chi connectivity index (χ1) is 21.2. The maximum Gasteiger partial charge on any atom is 0.245 e. The molecule has 1 aliphatic heterocycles. The second kappa shape index (κ2) is 18.3. The second-order valence-corrected chi connectivity index (χ2v) is 14.0. The SMILES string of the molecule is CC[C@H](C)C(CCC(=O)N1CCC[C@H]1C[C@@H](C)C(=O)N[C@H](C)[C@@H](O)c1ccccc1)N(C)C(=O)[C@@H](NC(=O)CC(C)C)C(C)C. The number of amides is 4. The average Bonchev–Trinajstić information content (AvgIpc) is 3.46. The highest BCUT2D eigenvalue weighted by Gasteiger charge is 2.35. The van der Waals surface area contributed by atoms with E-state index in [2.05, 4.69) is 24.5 Å². The molecule has 1 aliphatic rings. The molecule has 0 spiro atoms. The van der Waals surface area contributed by atoms with E-state index in [1.165, 1.54) is 0 Å². The lowest BCUT2D eigenvalue weighted by atomic mass is 9.91. The number of likely N-dealkylation sites (N-methyl/N-ethyl adjacent to an activating group) is 1. The Balaban J connectivity index is 2.01. The molecule has 254 valence electrons. The third-order valence-corrected chi connectivity index (χ3v) is 9.40. The largest absolute Gasteiger partial charge is 0.386 e. The number of rotatable bonds is 17. The van der Waals surface area contributed by atoms with Crippen LogP contribution in [0.3, 0.4) is 0 Å². The van der Waals surface area contributed by atoms with E-state index in [1.807, 2.05) is 69.9 Å². The smallest absolute Gasteiger partial charge is 0.245 e. The van der Waals surface area contributed by atoms with Crippen LogP contribution in [0.15, 0.2) is 30.3 Å². The van der Waals surface area contributed by atoms with Crippen LogP contribution in [0.4, 0.5) is 0 Å². The second-order valence-electron chi connectivity index (χ2n) is 14.0. The van der Waals surface area contributed by atoms with Crippen molar-refractivity contribution in [3.8, 4) is 0 Å². The highest BCUT2D eigenvalue weighted by molar-refractivity contribution is 5.88. The van der Waals surface area contributed by atoms with Gasteiger partial charge in [0.1, 0.15) is 6.04 Å². The van der Waals surface area contributed by atoms with Crippen molar-refractivity contribution in [2.24, 2.45) is 23.7 Å². The Bertz CT molecular complexity index is 1090.